The van der Waals surface area contributed by atoms with Crippen LogP contribution in [-0.4, -0.2) is 36.7 Å². The highest BCUT2D eigenvalue weighted by atomic mass is 32.1. The molecule has 22 heavy (non-hydrogen) atoms. The van der Waals surface area contributed by atoms with E-state index in [0.717, 1.165) is 29.4 Å². The van der Waals surface area contributed by atoms with Crippen molar-refractivity contribution in [2.75, 3.05) is 19.7 Å². The number of aromatic nitrogens is 1. The molecule has 1 aliphatic rings. The third-order valence-corrected chi connectivity index (χ3v) is 4.32. The molecule has 0 unspecified atom stereocenters. The van der Waals surface area contributed by atoms with Crippen LogP contribution in [0, 0.1) is 0 Å². The molecular weight excluding hydrogens is 298 g/mol. The molecule has 1 saturated heterocycles. The Bertz CT molecular complexity index is 609. The molecule has 1 atom stereocenters. The summed E-state index contributed by atoms with van der Waals surface area (Å²) in [6.07, 6.45) is 0.370. The van der Waals surface area contributed by atoms with Crippen LogP contribution in [-0.2, 0) is 16.1 Å². The Kier molecular flexibility index (Phi) is 5.15. The minimum Gasteiger partial charge on any atom is -0.375 e. The number of carbonyl (C=O) groups excluding carboxylic acids is 1. The van der Waals surface area contributed by atoms with E-state index in [0.29, 0.717) is 19.6 Å². The van der Waals surface area contributed by atoms with Crippen LogP contribution in [0.2, 0.25) is 0 Å². The van der Waals surface area contributed by atoms with Crippen molar-refractivity contribution < 1.29 is 9.53 Å². The maximum absolute atomic E-state index is 11.9. The zero-order valence-corrected chi connectivity index (χ0v) is 13.1. The van der Waals surface area contributed by atoms with Crippen molar-refractivity contribution >= 4 is 17.2 Å². The molecular formula is C16H19N3O2S. The summed E-state index contributed by atoms with van der Waals surface area (Å²) in [7, 11) is 0. The minimum absolute atomic E-state index is 0.00478. The van der Waals surface area contributed by atoms with Gasteiger partial charge in [0.25, 0.3) is 0 Å². The van der Waals surface area contributed by atoms with Gasteiger partial charge < -0.3 is 15.4 Å². The fourth-order valence-electron chi connectivity index (χ4n) is 2.34. The van der Waals surface area contributed by atoms with Gasteiger partial charge in [-0.3, -0.25) is 4.79 Å². The molecule has 6 heteroatoms. The first kappa shape index (κ1) is 15.1. The number of thiazole rings is 1. The van der Waals surface area contributed by atoms with E-state index in [-0.39, 0.29) is 12.0 Å². The first-order valence-electron chi connectivity index (χ1n) is 7.40. The van der Waals surface area contributed by atoms with Crippen molar-refractivity contribution in [3.63, 3.8) is 0 Å². The zero-order valence-electron chi connectivity index (χ0n) is 12.2. The predicted molar refractivity (Wildman–Crippen MR) is 86.6 cm³/mol. The molecule has 0 spiro atoms. The van der Waals surface area contributed by atoms with Gasteiger partial charge in [0, 0.05) is 24.0 Å². The van der Waals surface area contributed by atoms with Gasteiger partial charge in [-0.25, -0.2) is 4.98 Å². The molecule has 1 aromatic carbocycles. The van der Waals surface area contributed by atoms with Gasteiger partial charge >= 0.3 is 0 Å². The third-order valence-electron chi connectivity index (χ3n) is 3.48. The lowest BCUT2D eigenvalue weighted by atomic mass is 10.2. The monoisotopic (exact) mass is 317 g/mol. The number of morpholine rings is 1. The normalized spacial score (nSPS) is 18.1. The summed E-state index contributed by atoms with van der Waals surface area (Å²) in [4.78, 5) is 16.5. The fraction of sp³-hybridized carbons (Fsp3) is 0.375. The molecule has 2 heterocycles. The SMILES string of the molecule is O=C(C[C@H]1CNCCO1)NCc1nc(-c2ccccc2)cs1. The van der Waals surface area contributed by atoms with Crippen LogP contribution >= 0.6 is 11.3 Å². The van der Waals surface area contributed by atoms with Crippen LogP contribution in [0.5, 0.6) is 0 Å². The van der Waals surface area contributed by atoms with Gasteiger partial charge in [0.15, 0.2) is 0 Å². The summed E-state index contributed by atoms with van der Waals surface area (Å²) in [5.74, 6) is 0.00478. The van der Waals surface area contributed by atoms with Gasteiger partial charge in [-0.2, -0.15) is 0 Å². The van der Waals surface area contributed by atoms with Gasteiger partial charge in [-0.05, 0) is 0 Å². The van der Waals surface area contributed by atoms with E-state index >= 15 is 0 Å². The Morgan fingerprint density at radius 2 is 2.27 bits per heavy atom. The number of benzene rings is 1. The second kappa shape index (κ2) is 7.49. The van der Waals surface area contributed by atoms with Crippen molar-refractivity contribution in [3.05, 3.63) is 40.7 Å². The Morgan fingerprint density at radius 1 is 1.41 bits per heavy atom. The van der Waals surface area contributed by atoms with Gasteiger partial charge in [-0.15, -0.1) is 11.3 Å². The van der Waals surface area contributed by atoms with Crippen LogP contribution in [0.25, 0.3) is 11.3 Å². The summed E-state index contributed by atoms with van der Waals surface area (Å²) < 4.78 is 5.53. The highest BCUT2D eigenvalue weighted by molar-refractivity contribution is 7.09. The number of nitrogens with zero attached hydrogens (tertiary/aromatic N) is 1. The topological polar surface area (TPSA) is 63.2 Å². The molecule has 0 aliphatic carbocycles. The molecule has 1 amide bonds. The van der Waals surface area contributed by atoms with Crippen LogP contribution in [0.15, 0.2) is 35.7 Å². The van der Waals surface area contributed by atoms with E-state index in [1.165, 1.54) is 0 Å². The van der Waals surface area contributed by atoms with Gasteiger partial charge in [0.2, 0.25) is 5.91 Å². The third kappa shape index (κ3) is 4.13. The average Bonchev–Trinajstić information content (AvgIpc) is 3.04. The van der Waals surface area contributed by atoms with E-state index in [4.69, 9.17) is 4.74 Å². The summed E-state index contributed by atoms with van der Waals surface area (Å²) in [6, 6.07) is 10.0. The Morgan fingerprint density at radius 3 is 3.05 bits per heavy atom. The van der Waals surface area contributed by atoms with E-state index in [1.54, 1.807) is 11.3 Å². The highest BCUT2D eigenvalue weighted by Gasteiger charge is 2.17. The lowest BCUT2D eigenvalue weighted by molar-refractivity contribution is -0.124. The van der Waals surface area contributed by atoms with E-state index in [1.807, 2.05) is 35.7 Å². The first-order valence-corrected chi connectivity index (χ1v) is 8.28. The van der Waals surface area contributed by atoms with Gasteiger partial charge in [-0.1, -0.05) is 30.3 Å². The molecule has 0 bridgehead atoms. The fourth-order valence-corrected chi connectivity index (χ4v) is 3.08. The number of nitrogens with one attached hydrogen (secondary N) is 2. The standard InChI is InChI=1S/C16H19N3O2S/c20-15(8-13-9-17-6-7-21-13)18-10-16-19-14(11-22-16)12-4-2-1-3-5-12/h1-5,11,13,17H,6-10H2,(H,18,20)/t13-/m0/s1. The van der Waals surface area contributed by atoms with Crippen LogP contribution in [0.3, 0.4) is 0 Å². The largest absolute Gasteiger partial charge is 0.375 e. The molecule has 3 rings (SSSR count). The maximum atomic E-state index is 11.9. The number of amides is 1. The molecule has 0 saturated carbocycles. The number of carbonyl (C=O) groups is 1. The number of hydrogen-bond donors (Lipinski definition) is 2. The van der Waals surface area contributed by atoms with Crippen molar-refractivity contribution in [1.82, 2.24) is 15.6 Å². The number of ether oxygens (including phenoxy) is 1. The van der Waals surface area contributed by atoms with E-state index in [9.17, 15) is 4.79 Å². The molecule has 5 nitrogen and oxygen atoms in total. The zero-order chi connectivity index (χ0) is 15.2. The summed E-state index contributed by atoms with van der Waals surface area (Å²) in [6.45, 7) is 2.74. The number of rotatable bonds is 5. The lowest BCUT2D eigenvalue weighted by Gasteiger charge is -2.22. The van der Waals surface area contributed by atoms with Gasteiger partial charge in [0.05, 0.1) is 31.4 Å². The molecule has 0 radical (unpaired) electrons. The summed E-state index contributed by atoms with van der Waals surface area (Å²) in [5, 5.41) is 9.06. The quantitative estimate of drug-likeness (QED) is 0.883. The van der Waals surface area contributed by atoms with Crippen LogP contribution in [0.1, 0.15) is 11.4 Å². The Balaban J connectivity index is 1.49. The molecule has 116 valence electrons. The van der Waals surface area contributed by atoms with Crippen molar-refractivity contribution in [2.45, 2.75) is 19.1 Å². The molecule has 2 aromatic rings. The first-order chi connectivity index (χ1) is 10.8. The second-order valence-electron chi connectivity index (χ2n) is 5.17. The Labute approximate surface area is 133 Å². The molecule has 2 N–H and O–H groups in total. The van der Waals surface area contributed by atoms with Gasteiger partial charge in [0.1, 0.15) is 5.01 Å². The minimum atomic E-state index is -0.0232. The lowest BCUT2D eigenvalue weighted by Crippen LogP contribution is -2.41. The maximum Gasteiger partial charge on any atom is 0.223 e. The second-order valence-corrected chi connectivity index (χ2v) is 6.11. The molecule has 1 aliphatic heterocycles. The summed E-state index contributed by atoms with van der Waals surface area (Å²) in [5.41, 5.74) is 2.05. The summed E-state index contributed by atoms with van der Waals surface area (Å²) >= 11 is 1.56. The molecule has 1 aromatic heterocycles. The average molecular weight is 317 g/mol. The van der Waals surface area contributed by atoms with E-state index in [2.05, 4.69) is 15.6 Å². The van der Waals surface area contributed by atoms with E-state index < -0.39 is 0 Å². The molecule has 1 fully saturated rings. The van der Waals surface area contributed by atoms with Crippen LogP contribution in [0.4, 0.5) is 0 Å². The highest BCUT2D eigenvalue weighted by Crippen LogP contribution is 2.21. The number of hydrogen-bond acceptors (Lipinski definition) is 5. The van der Waals surface area contributed by atoms with Crippen molar-refractivity contribution in [2.24, 2.45) is 0 Å². The Hall–Kier alpha value is -1.76. The van der Waals surface area contributed by atoms with Crippen molar-refractivity contribution in [1.29, 1.82) is 0 Å². The van der Waals surface area contributed by atoms with Crippen molar-refractivity contribution in [3.8, 4) is 11.3 Å². The predicted octanol–water partition coefficient (Wildman–Crippen LogP) is 1.80. The smallest absolute Gasteiger partial charge is 0.223 e. The van der Waals surface area contributed by atoms with Crippen LogP contribution < -0.4 is 10.6 Å².